The fourth-order valence-corrected chi connectivity index (χ4v) is 2.91. The largest absolute Gasteiger partial charge is 0.456 e. The third-order valence-electron chi connectivity index (χ3n) is 3.21. The van der Waals surface area contributed by atoms with Crippen molar-refractivity contribution in [3.63, 3.8) is 0 Å². The zero-order chi connectivity index (χ0) is 17.8. The Morgan fingerprint density at radius 3 is 2.64 bits per heavy atom. The van der Waals surface area contributed by atoms with E-state index in [9.17, 15) is 9.59 Å². The van der Waals surface area contributed by atoms with Crippen molar-refractivity contribution >= 4 is 34.7 Å². The summed E-state index contributed by atoms with van der Waals surface area (Å²) in [5, 5.41) is 12.4. The molecule has 7 nitrogen and oxygen atoms in total. The van der Waals surface area contributed by atoms with Crippen LogP contribution in [-0.4, -0.2) is 38.6 Å². The first kappa shape index (κ1) is 17.2. The van der Waals surface area contributed by atoms with E-state index in [4.69, 9.17) is 16.3 Å². The average Bonchev–Trinajstić information content (AvgIpc) is 3.22. The molecule has 0 spiro atoms. The number of rotatable bonds is 6. The van der Waals surface area contributed by atoms with Gasteiger partial charge >= 0.3 is 5.97 Å². The zero-order valence-corrected chi connectivity index (χ0v) is 14.8. The number of carbonyl (C=O) groups excluding carboxylic acids is 2. The molecule has 0 bridgehead atoms. The minimum Gasteiger partial charge on any atom is -0.456 e. The van der Waals surface area contributed by atoms with Crippen LogP contribution in [-0.2, 0) is 16.1 Å². The fourth-order valence-electron chi connectivity index (χ4n) is 1.99. The normalized spacial score (nSPS) is 10.6. The van der Waals surface area contributed by atoms with Gasteiger partial charge < -0.3 is 4.74 Å². The first-order valence-electron chi connectivity index (χ1n) is 7.30. The molecule has 9 heteroatoms. The number of benzene rings is 1. The molecule has 2 aromatic heterocycles. The fraction of sp³-hybridized carbons (Fsp3) is 0.188. The van der Waals surface area contributed by atoms with Crippen molar-refractivity contribution in [1.82, 2.24) is 20.2 Å². The van der Waals surface area contributed by atoms with Gasteiger partial charge in [0, 0.05) is 15.5 Å². The molecule has 25 heavy (non-hydrogen) atoms. The molecule has 0 aliphatic heterocycles. The van der Waals surface area contributed by atoms with Gasteiger partial charge in [-0.3, -0.25) is 4.79 Å². The first-order valence-corrected chi connectivity index (χ1v) is 8.50. The molecule has 0 unspecified atom stereocenters. The maximum atomic E-state index is 11.9. The van der Waals surface area contributed by atoms with E-state index in [1.165, 1.54) is 11.3 Å². The lowest BCUT2D eigenvalue weighted by atomic mass is 10.2. The molecule has 0 aliphatic rings. The van der Waals surface area contributed by atoms with Gasteiger partial charge in [-0.15, -0.1) is 21.5 Å². The molecule has 0 fully saturated rings. The number of halogens is 1. The number of nitrogens with zero attached hydrogens (tertiary/aromatic N) is 4. The molecule has 3 rings (SSSR count). The Labute approximate surface area is 152 Å². The van der Waals surface area contributed by atoms with Crippen LogP contribution >= 0.6 is 22.9 Å². The molecule has 0 amide bonds. The van der Waals surface area contributed by atoms with E-state index in [1.54, 1.807) is 30.3 Å². The number of aryl methyl sites for hydroxylation is 1. The van der Waals surface area contributed by atoms with Crippen molar-refractivity contribution in [3.05, 3.63) is 51.2 Å². The van der Waals surface area contributed by atoms with E-state index >= 15 is 0 Å². The summed E-state index contributed by atoms with van der Waals surface area (Å²) in [4.78, 5) is 26.4. The van der Waals surface area contributed by atoms with Gasteiger partial charge in [0.15, 0.2) is 13.2 Å². The Morgan fingerprint density at radius 1 is 1.20 bits per heavy atom. The third-order valence-corrected chi connectivity index (χ3v) is 4.50. The maximum Gasteiger partial charge on any atom is 0.330 e. The average molecular weight is 377 g/mol. The minimum absolute atomic E-state index is 0.225. The lowest BCUT2D eigenvalue weighted by Crippen LogP contribution is -2.19. The quantitative estimate of drug-likeness (QED) is 0.485. The molecule has 0 saturated heterocycles. The second kappa shape index (κ2) is 7.54. The monoisotopic (exact) mass is 376 g/mol. The molecule has 0 radical (unpaired) electrons. The molecule has 0 atom stereocenters. The van der Waals surface area contributed by atoms with E-state index < -0.39 is 5.97 Å². The van der Waals surface area contributed by atoms with Crippen LogP contribution in [0.2, 0.25) is 5.02 Å². The van der Waals surface area contributed by atoms with Gasteiger partial charge in [0.1, 0.15) is 0 Å². The van der Waals surface area contributed by atoms with E-state index in [-0.39, 0.29) is 18.9 Å². The van der Waals surface area contributed by atoms with Gasteiger partial charge in [0.05, 0.1) is 4.88 Å². The molecule has 0 aliphatic carbocycles. The molecule has 2 heterocycles. The van der Waals surface area contributed by atoms with Crippen LogP contribution in [0.4, 0.5) is 0 Å². The van der Waals surface area contributed by atoms with Crippen LogP contribution in [0.3, 0.4) is 0 Å². The maximum absolute atomic E-state index is 11.9. The van der Waals surface area contributed by atoms with E-state index in [0.29, 0.717) is 15.7 Å². The second-order valence-corrected chi connectivity index (χ2v) is 6.87. The molecular weight excluding hydrogens is 364 g/mol. The van der Waals surface area contributed by atoms with Crippen LogP contribution in [0.5, 0.6) is 0 Å². The molecule has 128 valence electrons. The Morgan fingerprint density at radius 2 is 1.96 bits per heavy atom. The van der Waals surface area contributed by atoms with Gasteiger partial charge in [0.25, 0.3) is 0 Å². The van der Waals surface area contributed by atoms with E-state index in [1.807, 2.05) is 13.0 Å². The highest BCUT2D eigenvalue weighted by Crippen LogP contribution is 2.17. The van der Waals surface area contributed by atoms with Gasteiger partial charge in [-0.1, -0.05) is 11.6 Å². The summed E-state index contributed by atoms with van der Waals surface area (Å²) in [6.07, 6.45) is 0. The standard InChI is InChI=1S/C16H13ClN4O3S/c1-10-2-7-14(25-10)13(22)9-24-15(23)8-21-19-16(18-20-21)11-3-5-12(17)6-4-11/h2-7H,8-9H2,1H3. The predicted octanol–water partition coefficient (Wildman–Crippen LogP) is 2.79. The smallest absolute Gasteiger partial charge is 0.330 e. The van der Waals surface area contributed by atoms with Gasteiger partial charge in [-0.25, -0.2) is 4.79 Å². The number of ketones is 1. The second-order valence-electron chi connectivity index (χ2n) is 5.14. The number of esters is 1. The summed E-state index contributed by atoms with van der Waals surface area (Å²) in [7, 11) is 0. The number of ether oxygens (including phenoxy) is 1. The molecule has 1 aromatic carbocycles. The van der Waals surface area contributed by atoms with Crippen LogP contribution in [0.25, 0.3) is 11.4 Å². The Hall–Kier alpha value is -2.58. The molecule has 0 saturated carbocycles. The lowest BCUT2D eigenvalue weighted by Gasteiger charge is -2.02. The Bertz CT molecular complexity index is 904. The van der Waals surface area contributed by atoms with Crippen molar-refractivity contribution in [2.45, 2.75) is 13.5 Å². The van der Waals surface area contributed by atoms with Crippen LogP contribution in [0.15, 0.2) is 36.4 Å². The number of aromatic nitrogens is 4. The van der Waals surface area contributed by atoms with E-state index in [0.717, 1.165) is 15.2 Å². The third kappa shape index (κ3) is 4.49. The first-order chi connectivity index (χ1) is 12.0. The van der Waals surface area contributed by atoms with Crippen molar-refractivity contribution < 1.29 is 14.3 Å². The van der Waals surface area contributed by atoms with Gasteiger partial charge in [-0.2, -0.15) is 4.80 Å². The summed E-state index contributed by atoms with van der Waals surface area (Å²) in [6, 6.07) is 10.5. The van der Waals surface area contributed by atoms with Gasteiger partial charge in [-0.05, 0) is 48.5 Å². The van der Waals surface area contributed by atoms with Crippen LogP contribution in [0, 0.1) is 6.92 Å². The zero-order valence-electron chi connectivity index (χ0n) is 13.2. The number of carbonyl (C=O) groups is 2. The number of hydrogen-bond donors (Lipinski definition) is 0. The van der Waals surface area contributed by atoms with Crippen molar-refractivity contribution in [3.8, 4) is 11.4 Å². The highest BCUT2D eigenvalue weighted by atomic mass is 35.5. The predicted molar refractivity (Wildman–Crippen MR) is 92.6 cm³/mol. The SMILES string of the molecule is Cc1ccc(C(=O)COC(=O)Cn2nnc(-c3ccc(Cl)cc3)n2)s1. The summed E-state index contributed by atoms with van der Waals surface area (Å²) >= 11 is 7.19. The molecular formula is C16H13ClN4O3S. The Kier molecular flexibility index (Phi) is 5.20. The summed E-state index contributed by atoms with van der Waals surface area (Å²) in [5.41, 5.74) is 0.729. The highest BCUT2D eigenvalue weighted by Gasteiger charge is 2.14. The number of hydrogen-bond acceptors (Lipinski definition) is 7. The highest BCUT2D eigenvalue weighted by molar-refractivity contribution is 7.14. The topological polar surface area (TPSA) is 87.0 Å². The summed E-state index contributed by atoms with van der Waals surface area (Å²) < 4.78 is 4.97. The van der Waals surface area contributed by atoms with E-state index in [2.05, 4.69) is 15.4 Å². The van der Waals surface area contributed by atoms with Crippen LogP contribution < -0.4 is 0 Å². The summed E-state index contributed by atoms with van der Waals surface area (Å²) in [5.74, 6) is -0.476. The van der Waals surface area contributed by atoms with Crippen LogP contribution in [0.1, 0.15) is 14.5 Å². The van der Waals surface area contributed by atoms with Gasteiger partial charge in [0.2, 0.25) is 11.6 Å². The van der Waals surface area contributed by atoms with Crippen molar-refractivity contribution in [1.29, 1.82) is 0 Å². The molecule has 3 aromatic rings. The number of Topliss-reactive ketones (excluding diaryl/α,β-unsaturated/α-hetero) is 1. The number of tetrazole rings is 1. The lowest BCUT2D eigenvalue weighted by molar-refractivity contribution is -0.143. The summed E-state index contributed by atoms with van der Waals surface area (Å²) in [6.45, 7) is 1.37. The molecule has 0 N–H and O–H groups in total. The van der Waals surface area contributed by atoms with Crippen molar-refractivity contribution in [2.75, 3.05) is 6.61 Å². The minimum atomic E-state index is -0.610. The Balaban J connectivity index is 1.55. The van der Waals surface area contributed by atoms with Crippen molar-refractivity contribution in [2.24, 2.45) is 0 Å². The number of thiophene rings is 1.